The van der Waals surface area contributed by atoms with E-state index < -0.39 is 86.8 Å². The third-order valence-electron chi connectivity index (χ3n) is 17.3. The fourth-order valence-electron chi connectivity index (χ4n) is 11.6. The van der Waals surface area contributed by atoms with Crippen molar-refractivity contribution in [3.05, 3.63) is 85.1 Å². The molecule has 89 heavy (non-hydrogen) atoms. The zero-order valence-corrected chi connectivity index (χ0v) is 56.2. The second-order valence-corrected chi connectivity index (χ2v) is 25.3. The van der Waals surface area contributed by atoms with Gasteiger partial charge in [0.25, 0.3) is 0 Å². The van der Waals surface area contributed by atoms with Crippen molar-refractivity contribution < 1.29 is 64.6 Å². The number of ether oxygens (including phenoxy) is 4. The molecule has 12 unspecified atom stereocenters. The van der Waals surface area contributed by atoms with Gasteiger partial charge in [-0.25, -0.2) is 0 Å². The van der Waals surface area contributed by atoms with Gasteiger partial charge in [-0.15, -0.1) is 0 Å². The largest absolute Gasteiger partial charge is 0.394 e. The maximum atomic E-state index is 13.3. The Hall–Kier alpha value is -2.83. The van der Waals surface area contributed by atoms with E-state index in [-0.39, 0.29) is 18.9 Å². The van der Waals surface area contributed by atoms with Crippen LogP contribution >= 0.6 is 0 Å². The topological polar surface area (TPSA) is 228 Å². The van der Waals surface area contributed by atoms with Gasteiger partial charge in [0, 0.05) is 6.42 Å². The van der Waals surface area contributed by atoms with Crippen LogP contribution in [0.3, 0.4) is 0 Å². The molecule has 1 amide bonds. The lowest BCUT2D eigenvalue weighted by Crippen LogP contribution is -2.65. The molecular weight excluding hydrogens is 1120 g/mol. The standard InChI is InChI=1S/C75H133NO13/c1-3-5-7-9-11-13-15-17-19-21-23-25-27-29-31-33-34-36-38-40-42-44-46-48-50-52-54-56-58-64(79)63(62-86-74-72(85)70(83)73(66(61-78)88-74)89-75-71(84)69(82)68(81)65(60-77)87-75)76-67(80)59-57-55-53-51-49-47-45-43-41-39-37-35-32-30-28-26-24-22-20-18-16-14-12-10-8-6-4-2/h6,8,12,14,18,20,24,26,30,32,48,50,56,58,63-66,68-75,77-79,81-85H,3-5,7,9-11,13,15-17,19,21-23,25,27-29,31,33-47,49,51-55,57,59-62H2,1-2H3,(H,76,80)/b8-6-,14-12-,20-18-,26-24-,32-30-,50-48+,58-56+. The van der Waals surface area contributed by atoms with Crippen LogP contribution in [-0.4, -0.2) is 140 Å². The number of allylic oxidation sites excluding steroid dienone is 13. The fraction of sp³-hybridized carbons (Fsp3) is 0.800. The van der Waals surface area contributed by atoms with Crippen molar-refractivity contribution in [2.45, 2.75) is 364 Å². The van der Waals surface area contributed by atoms with Crippen LogP contribution in [0.5, 0.6) is 0 Å². The van der Waals surface area contributed by atoms with E-state index in [4.69, 9.17) is 18.9 Å². The molecule has 0 aliphatic carbocycles. The summed E-state index contributed by atoms with van der Waals surface area (Å²) in [4.78, 5) is 13.3. The lowest BCUT2D eigenvalue weighted by Gasteiger charge is -2.46. The summed E-state index contributed by atoms with van der Waals surface area (Å²) in [6.07, 6.45) is 65.0. The van der Waals surface area contributed by atoms with Crippen molar-refractivity contribution in [1.29, 1.82) is 0 Å². The highest BCUT2D eigenvalue weighted by Crippen LogP contribution is 2.30. The first-order valence-electron chi connectivity index (χ1n) is 36.3. The Labute approximate surface area is 541 Å². The maximum absolute atomic E-state index is 13.3. The highest BCUT2D eigenvalue weighted by Gasteiger charge is 2.51. The zero-order chi connectivity index (χ0) is 64.5. The maximum Gasteiger partial charge on any atom is 0.220 e. The summed E-state index contributed by atoms with van der Waals surface area (Å²) in [5.41, 5.74) is 0. The molecule has 2 rings (SSSR count). The van der Waals surface area contributed by atoms with Crippen molar-refractivity contribution >= 4 is 5.91 Å². The number of aliphatic hydroxyl groups excluding tert-OH is 8. The number of carbonyl (C=O) groups is 1. The van der Waals surface area contributed by atoms with Crippen molar-refractivity contribution in [3.63, 3.8) is 0 Å². The van der Waals surface area contributed by atoms with Crippen LogP contribution in [0, 0.1) is 0 Å². The summed E-state index contributed by atoms with van der Waals surface area (Å²) in [5.74, 6) is -0.253. The van der Waals surface area contributed by atoms with Crippen LogP contribution in [0.2, 0.25) is 0 Å². The summed E-state index contributed by atoms with van der Waals surface area (Å²) in [6, 6.07) is -0.940. The lowest BCUT2D eigenvalue weighted by atomic mass is 9.97. The van der Waals surface area contributed by atoms with E-state index in [1.54, 1.807) is 6.08 Å². The van der Waals surface area contributed by atoms with Gasteiger partial charge in [-0.2, -0.15) is 0 Å². The molecule has 12 atom stereocenters. The third kappa shape index (κ3) is 42.9. The monoisotopic (exact) mass is 1260 g/mol. The number of rotatable bonds is 59. The minimum absolute atomic E-state index is 0.253. The predicted molar refractivity (Wildman–Crippen MR) is 364 cm³/mol. The van der Waals surface area contributed by atoms with Gasteiger partial charge < -0.3 is 65.1 Å². The summed E-state index contributed by atoms with van der Waals surface area (Å²) >= 11 is 0. The van der Waals surface area contributed by atoms with Crippen LogP contribution in [0.4, 0.5) is 0 Å². The second kappa shape index (κ2) is 59.0. The number of amides is 1. The minimum Gasteiger partial charge on any atom is -0.394 e. The van der Waals surface area contributed by atoms with Gasteiger partial charge in [0.2, 0.25) is 5.91 Å². The first-order chi connectivity index (χ1) is 43.6. The molecule has 0 saturated carbocycles. The average molecular weight is 1260 g/mol. The Morgan fingerprint density at radius 3 is 1.24 bits per heavy atom. The Kier molecular flexibility index (Phi) is 54.5. The van der Waals surface area contributed by atoms with E-state index in [0.29, 0.717) is 12.8 Å². The van der Waals surface area contributed by atoms with Gasteiger partial charge in [0.1, 0.15) is 48.8 Å². The smallest absolute Gasteiger partial charge is 0.220 e. The van der Waals surface area contributed by atoms with Crippen molar-refractivity contribution in [1.82, 2.24) is 5.32 Å². The predicted octanol–water partition coefficient (Wildman–Crippen LogP) is 15.2. The van der Waals surface area contributed by atoms with Crippen LogP contribution < -0.4 is 5.32 Å². The van der Waals surface area contributed by atoms with Crippen LogP contribution in [0.25, 0.3) is 0 Å². The number of unbranched alkanes of at least 4 members (excludes halogenated alkanes) is 34. The normalized spacial score (nSPS) is 23.5. The van der Waals surface area contributed by atoms with Crippen LogP contribution in [0.1, 0.15) is 290 Å². The van der Waals surface area contributed by atoms with Crippen molar-refractivity contribution in [3.8, 4) is 0 Å². The molecular formula is C75H133NO13. The number of carbonyl (C=O) groups excluding carboxylic acids is 1. The van der Waals surface area contributed by atoms with E-state index >= 15 is 0 Å². The number of nitrogens with one attached hydrogen (secondary N) is 1. The van der Waals surface area contributed by atoms with Gasteiger partial charge >= 0.3 is 0 Å². The molecule has 2 aliphatic heterocycles. The molecule has 2 saturated heterocycles. The number of hydrogen-bond donors (Lipinski definition) is 9. The van der Waals surface area contributed by atoms with E-state index in [0.717, 1.165) is 70.6 Å². The molecule has 0 radical (unpaired) electrons. The summed E-state index contributed by atoms with van der Waals surface area (Å²) < 4.78 is 22.9. The highest BCUT2D eigenvalue weighted by molar-refractivity contribution is 5.76. The molecule has 0 aromatic rings. The fourth-order valence-corrected chi connectivity index (χ4v) is 11.6. The van der Waals surface area contributed by atoms with Gasteiger partial charge in [-0.1, -0.05) is 292 Å². The van der Waals surface area contributed by atoms with Crippen molar-refractivity contribution in [2.75, 3.05) is 19.8 Å². The van der Waals surface area contributed by atoms with Crippen LogP contribution in [-0.2, 0) is 23.7 Å². The van der Waals surface area contributed by atoms with E-state index in [1.807, 2.05) is 6.08 Å². The van der Waals surface area contributed by atoms with E-state index in [2.05, 4.69) is 92.1 Å². The van der Waals surface area contributed by atoms with Gasteiger partial charge in [-0.05, 0) is 77.0 Å². The van der Waals surface area contributed by atoms with Crippen molar-refractivity contribution in [2.24, 2.45) is 0 Å². The molecule has 2 aliphatic rings. The third-order valence-corrected chi connectivity index (χ3v) is 17.3. The number of hydrogen-bond acceptors (Lipinski definition) is 13. The van der Waals surface area contributed by atoms with E-state index in [1.165, 1.54) is 186 Å². The average Bonchev–Trinajstić information content (AvgIpc) is 2.75. The molecule has 2 heterocycles. The molecule has 14 heteroatoms. The summed E-state index contributed by atoms with van der Waals surface area (Å²) in [5, 5.41) is 87.5. The molecule has 14 nitrogen and oxygen atoms in total. The van der Waals surface area contributed by atoms with Crippen LogP contribution in [0.15, 0.2) is 85.1 Å². The highest BCUT2D eigenvalue weighted by atomic mass is 16.7. The van der Waals surface area contributed by atoms with Gasteiger partial charge in [0.05, 0.1) is 32.0 Å². The molecule has 0 aromatic carbocycles. The van der Waals surface area contributed by atoms with Gasteiger partial charge in [-0.3, -0.25) is 4.79 Å². The molecule has 0 aromatic heterocycles. The molecule has 516 valence electrons. The first kappa shape index (κ1) is 82.3. The van der Waals surface area contributed by atoms with Gasteiger partial charge in [0.15, 0.2) is 12.6 Å². The van der Waals surface area contributed by atoms with E-state index in [9.17, 15) is 45.6 Å². The molecule has 0 spiro atoms. The Morgan fingerprint density at radius 1 is 0.416 bits per heavy atom. The minimum atomic E-state index is -1.80. The second-order valence-electron chi connectivity index (χ2n) is 25.3. The summed E-state index contributed by atoms with van der Waals surface area (Å²) in [6.45, 7) is 2.70. The quantitative estimate of drug-likeness (QED) is 0.0204. The Morgan fingerprint density at radius 2 is 0.787 bits per heavy atom. The molecule has 9 N–H and O–H groups in total. The SMILES string of the molecule is CC/C=C\C/C=C\C/C=C\C/C=C\C/C=C\CCCCCCCCCCCCCC(=O)NC(COC1OC(CO)C(OC2OC(CO)C(O)C(O)C2O)C(O)C1O)C(O)/C=C/CC/C=C/CCCCCCCCCCCCCCCCCCCCCCCC. The summed E-state index contributed by atoms with van der Waals surface area (Å²) in [7, 11) is 0. The Bertz CT molecular complexity index is 1820. The molecule has 2 fully saturated rings. The molecule has 0 bridgehead atoms. The first-order valence-corrected chi connectivity index (χ1v) is 36.3. The Balaban J connectivity index is 1.69. The lowest BCUT2D eigenvalue weighted by molar-refractivity contribution is -0.359. The number of aliphatic hydroxyl groups is 8. The zero-order valence-electron chi connectivity index (χ0n) is 56.2.